The summed E-state index contributed by atoms with van der Waals surface area (Å²) in [7, 11) is 0. The molecule has 0 atom stereocenters. The molecule has 0 aliphatic carbocycles. The molecule has 3 nitrogen and oxygen atoms in total. The highest BCUT2D eigenvalue weighted by atomic mass is 16.3. The second kappa shape index (κ2) is 4.70. The van der Waals surface area contributed by atoms with Crippen molar-refractivity contribution in [3.8, 4) is 0 Å². The van der Waals surface area contributed by atoms with Gasteiger partial charge >= 0.3 is 0 Å². The summed E-state index contributed by atoms with van der Waals surface area (Å²) in [5.74, 6) is 1.88. The highest BCUT2D eigenvalue weighted by Gasteiger charge is 2.03. The minimum Gasteiger partial charge on any atom is -0.468 e. The van der Waals surface area contributed by atoms with Crippen molar-refractivity contribution in [1.82, 2.24) is 5.32 Å². The van der Waals surface area contributed by atoms with Gasteiger partial charge in [0, 0.05) is 5.39 Å². The van der Waals surface area contributed by atoms with Crippen molar-refractivity contribution in [2.24, 2.45) is 0 Å². The molecule has 0 aliphatic heterocycles. The summed E-state index contributed by atoms with van der Waals surface area (Å²) in [6.45, 7) is 3.50. The molecule has 0 spiro atoms. The summed E-state index contributed by atoms with van der Waals surface area (Å²) in [6.07, 6.45) is 1.68. The number of benzene rings is 1. The molecule has 3 aromatic rings. The van der Waals surface area contributed by atoms with Crippen molar-refractivity contribution in [1.29, 1.82) is 0 Å². The molecule has 0 amide bonds. The Labute approximate surface area is 105 Å². The van der Waals surface area contributed by atoms with Crippen LogP contribution in [-0.4, -0.2) is 0 Å². The normalized spacial score (nSPS) is 11.2. The fraction of sp³-hybridized carbons (Fsp3) is 0.200. The maximum absolute atomic E-state index is 5.75. The molecule has 1 N–H and O–H groups in total. The molecule has 0 saturated carbocycles. The number of rotatable bonds is 4. The Morgan fingerprint density at radius 1 is 1.06 bits per heavy atom. The summed E-state index contributed by atoms with van der Waals surface area (Å²) in [5, 5.41) is 4.45. The minimum atomic E-state index is 0.703. The monoisotopic (exact) mass is 241 g/mol. The predicted octanol–water partition coefficient (Wildman–Crippen LogP) is 3.62. The van der Waals surface area contributed by atoms with Crippen LogP contribution < -0.4 is 5.32 Å². The molecule has 0 fully saturated rings. The second-order valence-corrected chi connectivity index (χ2v) is 4.44. The summed E-state index contributed by atoms with van der Waals surface area (Å²) >= 11 is 0. The lowest BCUT2D eigenvalue weighted by molar-refractivity contribution is 0.462. The van der Waals surface area contributed by atoms with E-state index in [1.807, 2.05) is 18.2 Å². The van der Waals surface area contributed by atoms with E-state index in [0.29, 0.717) is 13.1 Å². The van der Waals surface area contributed by atoms with Gasteiger partial charge in [0.15, 0.2) is 0 Å². The van der Waals surface area contributed by atoms with Crippen LogP contribution in [0.15, 0.2) is 51.5 Å². The number of fused-ring (bicyclic) bond motifs is 1. The van der Waals surface area contributed by atoms with Gasteiger partial charge in [0.05, 0.1) is 19.4 Å². The summed E-state index contributed by atoms with van der Waals surface area (Å²) in [6, 6.07) is 12.1. The maximum Gasteiger partial charge on any atom is 0.134 e. The molecule has 0 bridgehead atoms. The van der Waals surface area contributed by atoms with E-state index in [2.05, 4.69) is 30.4 Å². The van der Waals surface area contributed by atoms with Crippen LogP contribution in [0, 0.1) is 6.92 Å². The highest BCUT2D eigenvalue weighted by molar-refractivity contribution is 5.78. The largest absolute Gasteiger partial charge is 0.468 e. The van der Waals surface area contributed by atoms with Crippen molar-refractivity contribution in [2.45, 2.75) is 20.0 Å². The molecular weight excluding hydrogens is 226 g/mol. The smallest absolute Gasteiger partial charge is 0.134 e. The molecule has 0 unspecified atom stereocenters. The quantitative estimate of drug-likeness (QED) is 0.758. The predicted molar refractivity (Wildman–Crippen MR) is 70.2 cm³/mol. The number of aryl methyl sites for hydroxylation is 1. The van der Waals surface area contributed by atoms with Gasteiger partial charge in [0.1, 0.15) is 17.1 Å². The molecule has 1 aromatic carbocycles. The molecule has 2 aromatic heterocycles. The zero-order valence-corrected chi connectivity index (χ0v) is 10.3. The SMILES string of the molecule is Cc1ccc2oc(CNCc3ccco3)cc2c1. The Kier molecular flexibility index (Phi) is 2.90. The van der Waals surface area contributed by atoms with E-state index in [9.17, 15) is 0 Å². The van der Waals surface area contributed by atoms with E-state index in [0.717, 1.165) is 22.5 Å². The van der Waals surface area contributed by atoms with Gasteiger partial charge in [0.25, 0.3) is 0 Å². The second-order valence-electron chi connectivity index (χ2n) is 4.44. The number of furan rings is 2. The molecule has 18 heavy (non-hydrogen) atoms. The molecule has 2 heterocycles. The van der Waals surface area contributed by atoms with Crippen LogP contribution >= 0.6 is 0 Å². The third-order valence-electron chi connectivity index (χ3n) is 2.90. The Morgan fingerprint density at radius 3 is 2.78 bits per heavy atom. The van der Waals surface area contributed by atoms with E-state index >= 15 is 0 Å². The van der Waals surface area contributed by atoms with Gasteiger partial charge in [-0.3, -0.25) is 0 Å². The van der Waals surface area contributed by atoms with Crippen LogP contribution in [0.3, 0.4) is 0 Å². The van der Waals surface area contributed by atoms with Gasteiger partial charge in [-0.2, -0.15) is 0 Å². The maximum atomic E-state index is 5.75. The van der Waals surface area contributed by atoms with Gasteiger partial charge in [0.2, 0.25) is 0 Å². The first-order chi connectivity index (χ1) is 8.81. The summed E-state index contributed by atoms with van der Waals surface area (Å²) in [4.78, 5) is 0. The Bertz CT molecular complexity index is 638. The zero-order chi connectivity index (χ0) is 12.4. The third kappa shape index (κ3) is 2.31. The van der Waals surface area contributed by atoms with E-state index in [4.69, 9.17) is 8.83 Å². The fourth-order valence-corrected chi connectivity index (χ4v) is 2.03. The van der Waals surface area contributed by atoms with Crippen LogP contribution in [0.4, 0.5) is 0 Å². The lowest BCUT2D eigenvalue weighted by Gasteiger charge is -1.98. The van der Waals surface area contributed by atoms with Gasteiger partial charge in [-0.15, -0.1) is 0 Å². The Balaban J connectivity index is 1.67. The third-order valence-corrected chi connectivity index (χ3v) is 2.90. The fourth-order valence-electron chi connectivity index (χ4n) is 2.03. The highest BCUT2D eigenvalue weighted by Crippen LogP contribution is 2.20. The van der Waals surface area contributed by atoms with Crippen LogP contribution in [0.2, 0.25) is 0 Å². The van der Waals surface area contributed by atoms with Crippen molar-refractivity contribution in [2.75, 3.05) is 0 Å². The van der Waals surface area contributed by atoms with Crippen molar-refractivity contribution < 1.29 is 8.83 Å². The van der Waals surface area contributed by atoms with Gasteiger partial charge in [-0.05, 0) is 37.3 Å². The first kappa shape index (κ1) is 11.1. The number of nitrogens with one attached hydrogen (secondary N) is 1. The Hall–Kier alpha value is -2.00. The first-order valence-electron chi connectivity index (χ1n) is 6.03. The van der Waals surface area contributed by atoms with Gasteiger partial charge < -0.3 is 14.2 Å². The molecular formula is C15H15NO2. The van der Waals surface area contributed by atoms with Crippen LogP contribution in [0.25, 0.3) is 11.0 Å². The Morgan fingerprint density at radius 2 is 1.94 bits per heavy atom. The average molecular weight is 241 g/mol. The lowest BCUT2D eigenvalue weighted by Crippen LogP contribution is -2.11. The topological polar surface area (TPSA) is 38.3 Å². The van der Waals surface area contributed by atoms with Crippen LogP contribution in [-0.2, 0) is 13.1 Å². The minimum absolute atomic E-state index is 0.703. The van der Waals surface area contributed by atoms with Gasteiger partial charge in [-0.25, -0.2) is 0 Å². The molecule has 3 heteroatoms. The van der Waals surface area contributed by atoms with E-state index in [1.54, 1.807) is 6.26 Å². The zero-order valence-electron chi connectivity index (χ0n) is 10.3. The van der Waals surface area contributed by atoms with Crippen molar-refractivity contribution in [3.05, 3.63) is 59.7 Å². The van der Waals surface area contributed by atoms with E-state index in [1.165, 1.54) is 5.56 Å². The average Bonchev–Trinajstić information content (AvgIpc) is 2.97. The standard InChI is InChI=1S/C15H15NO2/c1-11-4-5-15-12(7-11)8-14(18-15)10-16-9-13-3-2-6-17-13/h2-8,16H,9-10H2,1H3. The van der Waals surface area contributed by atoms with E-state index in [-0.39, 0.29) is 0 Å². The molecule has 92 valence electrons. The number of hydrogen-bond acceptors (Lipinski definition) is 3. The van der Waals surface area contributed by atoms with Crippen LogP contribution in [0.5, 0.6) is 0 Å². The molecule has 0 aliphatic rings. The number of hydrogen-bond donors (Lipinski definition) is 1. The van der Waals surface area contributed by atoms with E-state index < -0.39 is 0 Å². The molecule has 0 saturated heterocycles. The lowest BCUT2D eigenvalue weighted by atomic mass is 10.2. The van der Waals surface area contributed by atoms with Crippen molar-refractivity contribution >= 4 is 11.0 Å². The van der Waals surface area contributed by atoms with Gasteiger partial charge in [-0.1, -0.05) is 11.6 Å². The summed E-state index contributed by atoms with van der Waals surface area (Å²) in [5.41, 5.74) is 2.19. The van der Waals surface area contributed by atoms with Crippen molar-refractivity contribution in [3.63, 3.8) is 0 Å². The molecule has 0 radical (unpaired) electrons. The van der Waals surface area contributed by atoms with Crippen LogP contribution in [0.1, 0.15) is 17.1 Å². The first-order valence-corrected chi connectivity index (χ1v) is 6.03. The summed E-state index contributed by atoms with van der Waals surface area (Å²) < 4.78 is 11.0. The molecule has 3 rings (SSSR count).